The zero-order chi connectivity index (χ0) is 35.6. The quantitative estimate of drug-likeness (QED) is 0.165. The van der Waals surface area contributed by atoms with E-state index in [1.54, 1.807) is 15.2 Å². The van der Waals surface area contributed by atoms with Crippen molar-refractivity contribution in [2.24, 2.45) is 0 Å². The first-order valence-electron chi connectivity index (χ1n) is 16.6. The van der Waals surface area contributed by atoms with Crippen molar-refractivity contribution in [3.05, 3.63) is 143 Å². The van der Waals surface area contributed by atoms with Crippen LogP contribution in [-0.2, 0) is 6.18 Å². The third-order valence-electron chi connectivity index (χ3n) is 9.23. The molecule has 8 rings (SSSR count). The van der Waals surface area contributed by atoms with Crippen molar-refractivity contribution in [3.63, 3.8) is 0 Å². The first-order valence-corrected chi connectivity index (χ1v) is 16.6. The Bertz CT molecular complexity index is 2480. The van der Waals surface area contributed by atoms with E-state index in [1.165, 1.54) is 6.07 Å². The van der Waals surface area contributed by atoms with Crippen molar-refractivity contribution in [3.8, 4) is 22.5 Å². The van der Waals surface area contributed by atoms with E-state index < -0.39 is 23.4 Å². The second-order valence-corrected chi connectivity index (χ2v) is 12.8. The number of halogens is 5. The molecular weight excluding hydrogens is 639 g/mol. The van der Waals surface area contributed by atoms with E-state index >= 15 is 13.2 Å². The topological polar surface area (TPSA) is 9.86 Å². The molecule has 252 valence electrons. The molecule has 8 aromatic rings. The Balaban J connectivity index is 0.00000193. The number of aromatic nitrogens is 2. The second-order valence-electron chi connectivity index (χ2n) is 12.8. The molecule has 0 unspecified atom stereocenters. The Labute approximate surface area is 287 Å². The highest BCUT2D eigenvalue weighted by atomic mass is 19.4. The smallest absolute Gasteiger partial charge is 0.309 e. The van der Waals surface area contributed by atoms with Crippen LogP contribution in [0.2, 0.25) is 0 Å². The average molecular weight is 675 g/mol. The van der Waals surface area contributed by atoms with Gasteiger partial charge in [0, 0.05) is 33.2 Å². The lowest BCUT2D eigenvalue weighted by Crippen LogP contribution is -2.17. The Kier molecular flexibility index (Phi) is 8.05. The van der Waals surface area contributed by atoms with Crippen LogP contribution in [-0.4, -0.2) is 9.13 Å². The van der Waals surface area contributed by atoms with Crippen molar-refractivity contribution >= 4 is 43.6 Å². The average Bonchev–Trinajstić information content (AvgIpc) is 3.54. The summed E-state index contributed by atoms with van der Waals surface area (Å²) >= 11 is 0. The van der Waals surface area contributed by atoms with E-state index in [1.807, 2.05) is 114 Å². The Morgan fingerprint density at radius 3 is 1.22 bits per heavy atom. The Hall–Kier alpha value is -5.43. The van der Waals surface area contributed by atoms with E-state index in [9.17, 15) is 8.78 Å². The zero-order valence-corrected chi connectivity index (χ0v) is 28.6. The summed E-state index contributed by atoms with van der Waals surface area (Å²) in [5.41, 5.74) is 4.78. The molecule has 0 fully saturated rings. The summed E-state index contributed by atoms with van der Waals surface area (Å²) in [7, 11) is 0. The highest BCUT2D eigenvalue weighted by molar-refractivity contribution is 6.12. The predicted octanol–water partition coefficient (Wildman–Crippen LogP) is 13.1. The van der Waals surface area contributed by atoms with Gasteiger partial charge >= 0.3 is 6.18 Å². The molecule has 0 saturated carbocycles. The predicted molar refractivity (Wildman–Crippen MR) is 196 cm³/mol. The third kappa shape index (κ3) is 5.32. The summed E-state index contributed by atoms with van der Waals surface area (Å²) in [6.07, 6.45) is -4.89. The summed E-state index contributed by atoms with van der Waals surface area (Å²) in [4.78, 5) is 0. The number of benzene rings is 6. The minimum Gasteiger partial charge on any atom is -0.309 e. The van der Waals surface area contributed by atoms with E-state index in [0.717, 1.165) is 62.0 Å². The molecule has 0 spiro atoms. The molecule has 2 heterocycles. The second kappa shape index (κ2) is 12.2. The highest BCUT2D eigenvalue weighted by Gasteiger charge is 2.40. The highest BCUT2D eigenvalue weighted by Crippen LogP contribution is 2.48. The third-order valence-corrected chi connectivity index (χ3v) is 9.23. The molecule has 0 radical (unpaired) electrons. The van der Waals surface area contributed by atoms with Crippen LogP contribution in [0.5, 0.6) is 0 Å². The van der Waals surface area contributed by atoms with Crippen LogP contribution >= 0.6 is 0 Å². The van der Waals surface area contributed by atoms with Crippen molar-refractivity contribution in [2.75, 3.05) is 0 Å². The number of aryl methyl sites for hydroxylation is 4. The molecule has 50 heavy (non-hydrogen) atoms. The van der Waals surface area contributed by atoms with Gasteiger partial charge in [-0.2, -0.15) is 13.2 Å². The van der Waals surface area contributed by atoms with E-state index in [-0.39, 0.29) is 22.5 Å². The maximum Gasteiger partial charge on any atom is 0.420 e. The van der Waals surface area contributed by atoms with E-state index in [2.05, 4.69) is 0 Å². The fourth-order valence-corrected chi connectivity index (χ4v) is 7.20. The van der Waals surface area contributed by atoms with Gasteiger partial charge in [0.25, 0.3) is 0 Å². The van der Waals surface area contributed by atoms with Crippen molar-refractivity contribution in [1.82, 2.24) is 9.13 Å². The largest absolute Gasteiger partial charge is 0.420 e. The maximum absolute atomic E-state index is 16.1. The molecule has 0 saturated heterocycles. The van der Waals surface area contributed by atoms with Gasteiger partial charge in [-0.05, 0) is 98.0 Å². The molecule has 0 amide bonds. The summed E-state index contributed by atoms with van der Waals surface area (Å²) in [5.74, 6) is -1.76. The molecule has 0 aliphatic rings. The van der Waals surface area contributed by atoms with Crippen molar-refractivity contribution in [1.29, 1.82) is 0 Å². The monoisotopic (exact) mass is 674 g/mol. The first-order chi connectivity index (χ1) is 23.9. The van der Waals surface area contributed by atoms with Crippen LogP contribution in [0, 0.1) is 39.3 Å². The summed E-state index contributed by atoms with van der Waals surface area (Å²) in [6.45, 7) is 11.6. The molecule has 0 bridgehead atoms. The first kappa shape index (κ1) is 33.1. The number of fused-ring (bicyclic) bond motifs is 6. The van der Waals surface area contributed by atoms with Gasteiger partial charge in [-0.3, -0.25) is 0 Å². The fraction of sp³-hybridized carbons (Fsp3) is 0.163. The van der Waals surface area contributed by atoms with Gasteiger partial charge < -0.3 is 9.13 Å². The lowest BCUT2D eigenvalue weighted by atomic mass is 9.96. The van der Waals surface area contributed by atoms with Gasteiger partial charge in [-0.1, -0.05) is 68.4 Å². The van der Waals surface area contributed by atoms with Crippen LogP contribution in [0.4, 0.5) is 22.0 Å². The zero-order valence-electron chi connectivity index (χ0n) is 28.6. The van der Waals surface area contributed by atoms with Crippen LogP contribution in [0.3, 0.4) is 0 Å². The minimum absolute atomic E-state index is 0.00349. The number of alkyl halides is 3. The van der Waals surface area contributed by atoms with Gasteiger partial charge in [0.2, 0.25) is 0 Å². The normalized spacial score (nSPS) is 11.9. The Morgan fingerprint density at radius 2 is 0.840 bits per heavy atom. The fourth-order valence-electron chi connectivity index (χ4n) is 7.20. The molecule has 2 aromatic heterocycles. The van der Waals surface area contributed by atoms with E-state index in [0.29, 0.717) is 22.1 Å². The summed E-state index contributed by atoms with van der Waals surface area (Å²) in [5, 5.41) is 3.19. The summed E-state index contributed by atoms with van der Waals surface area (Å²) in [6, 6.07) is 28.9. The molecule has 7 heteroatoms. The number of nitrogens with zero attached hydrogens (tertiary/aromatic N) is 2. The van der Waals surface area contributed by atoms with Gasteiger partial charge in [-0.25, -0.2) is 8.78 Å². The molecule has 0 aliphatic heterocycles. The van der Waals surface area contributed by atoms with E-state index in [4.69, 9.17) is 0 Å². The number of rotatable bonds is 3. The minimum atomic E-state index is -4.89. The number of hydrogen-bond acceptors (Lipinski definition) is 0. The Morgan fingerprint density at radius 1 is 0.460 bits per heavy atom. The lowest BCUT2D eigenvalue weighted by molar-refractivity contribution is -0.137. The SMILES string of the molecule is CC.Cc1ccc2c3ccc(C)cc3n(-c3ccc(-c4cc(F)cc(F)c4)c(-n4c5cc(C)ccc5c5ccc(C)cc54)c3C(F)(F)F)c2c1. The number of hydrogen-bond donors (Lipinski definition) is 0. The van der Waals surface area contributed by atoms with Crippen molar-refractivity contribution in [2.45, 2.75) is 47.7 Å². The molecule has 2 nitrogen and oxygen atoms in total. The van der Waals surface area contributed by atoms with Gasteiger partial charge in [-0.15, -0.1) is 0 Å². The standard InChI is InChI=1S/C41H29F5N2.C2H6/c1-22-5-9-30-31-10-6-23(2)16-36(31)47(35(30)15-22)34-14-13-29(26-19-27(42)21-28(43)20-26)40(39(34)41(44,45)46)48-37-17-24(3)7-11-32(37)33-12-8-25(4)18-38(33)48;1-2/h5-21H,1-4H3;1-2H3. The lowest BCUT2D eigenvalue weighted by Gasteiger charge is -2.24. The molecular formula is C43H35F5N2. The van der Waals surface area contributed by atoms with Crippen LogP contribution in [0.1, 0.15) is 41.7 Å². The van der Waals surface area contributed by atoms with Crippen molar-refractivity contribution < 1.29 is 22.0 Å². The summed E-state index contributed by atoms with van der Waals surface area (Å²) < 4.78 is 81.1. The van der Waals surface area contributed by atoms with Crippen LogP contribution in [0.25, 0.3) is 66.1 Å². The maximum atomic E-state index is 16.1. The molecule has 6 aromatic carbocycles. The van der Waals surface area contributed by atoms with Crippen LogP contribution < -0.4 is 0 Å². The van der Waals surface area contributed by atoms with Crippen LogP contribution in [0.15, 0.2) is 103 Å². The van der Waals surface area contributed by atoms with Gasteiger partial charge in [0.05, 0.1) is 33.4 Å². The molecule has 0 N–H and O–H groups in total. The molecule has 0 atom stereocenters. The van der Waals surface area contributed by atoms with Gasteiger partial charge in [0.1, 0.15) is 17.2 Å². The van der Waals surface area contributed by atoms with Gasteiger partial charge in [0.15, 0.2) is 0 Å². The molecule has 0 aliphatic carbocycles.